The summed E-state index contributed by atoms with van der Waals surface area (Å²) in [6.45, 7) is 0. The Balaban J connectivity index is 2.03. The summed E-state index contributed by atoms with van der Waals surface area (Å²) < 4.78 is 35.8. The van der Waals surface area contributed by atoms with Gasteiger partial charge in [-0.2, -0.15) is 4.37 Å². The number of nitrogens with one attached hydrogen (secondary N) is 1. The Morgan fingerprint density at radius 2 is 1.62 bits per heavy atom. The number of rotatable bonds is 0. The lowest BCUT2D eigenvalue weighted by Crippen LogP contribution is -1.90. The van der Waals surface area contributed by atoms with Crippen LogP contribution < -0.4 is 0 Å². The second-order valence-electron chi connectivity index (χ2n) is 5.12. The van der Waals surface area contributed by atoms with E-state index in [1.54, 1.807) is 0 Å². The third-order valence-electron chi connectivity index (χ3n) is 3.76. The van der Waals surface area contributed by atoms with Gasteiger partial charge in [0.25, 0.3) is 0 Å². The zero-order valence-corrected chi connectivity index (χ0v) is 15.4. The van der Waals surface area contributed by atoms with Crippen LogP contribution in [0.2, 0.25) is 0 Å². The summed E-state index contributed by atoms with van der Waals surface area (Å²) in [6.07, 6.45) is 0. The van der Waals surface area contributed by atoms with Gasteiger partial charge in [-0.05, 0) is 37.9 Å². The summed E-state index contributed by atoms with van der Waals surface area (Å²) in [6, 6.07) is 2.15. The molecule has 118 valence electrons. The SMILES string of the molecule is Fc1cc2nc3nc4c(Br)c5ns[nH]c5c(Br)c4nc3c2cc1F. The van der Waals surface area contributed by atoms with Crippen molar-refractivity contribution in [2.24, 2.45) is 0 Å². The minimum absolute atomic E-state index is 0.317. The van der Waals surface area contributed by atoms with Crippen LogP contribution in [-0.2, 0) is 0 Å². The number of benzene rings is 2. The zero-order chi connectivity index (χ0) is 16.6. The van der Waals surface area contributed by atoms with Crippen LogP contribution in [0.1, 0.15) is 0 Å². The second-order valence-corrected chi connectivity index (χ2v) is 7.28. The summed E-state index contributed by atoms with van der Waals surface area (Å²) >= 11 is 8.23. The summed E-state index contributed by atoms with van der Waals surface area (Å²) in [5.74, 6) is -1.89. The maximum Gasteiger partial charge on any atom is 0.180 e. The molecule has 5 nitrogen and oxygen atoms in total. The summed E-state index contributed by atoms with van der Waals surface area (Å²) in [4.78, 5) is 13.4. The van der Waals surface area contributed by atoms with Crippen molar-refractivity contribution in [2.75, 3.05) is 0 Å². The molecule has 0 unspecified atom stereocenters. The third-order valence-corrected chi connectivity index (χ3v) is 5.85. The fourth-order valence-electron chi connectivity index (χ4n) is 2.66. The molecule has 0 aliphatic rings. The highest BCUT2D eigenvalue weighted by Crippen LogP contribution is 2.38. The van der Waals surface area contributed by atoms with Gasteiger partial charge in [0.1, 0.15) is 22.1 Å². The molecule has 5 rings (SSSR count). The van der Waals surface area contributed by atoms with Crippen molar-refractivity contribution < 1.29 is 8.78 Å². The summed E-state index contributed by atoms with van der Waals surface area (Å²) in [5.41, 5.74) is 3.73. The molecule has 0 atom stereocenters. The monoisotopic (exact) mass is 469 g/mol. The Hall–Kier alpha value is -1.78. The molecule has 0 amide bonds. The molecule has 0 aliphatic heterocycles. The smallest absolute Gasteiger partial charge is 0.180 e. The number of aromatic nitrogens is 5. The molecular weight excluding hydrogens is 468 g/mol. The topological polar surface area (TPSA) is 67.3 Å². The van der Waals surface area contributed by atoms with Crippen LogP contribution >= 0.6 is 43.6 Å². The van der Waals surface area contributed by atoms with Crippen LogP contribution in [0.25, 0.3) is 44.1 Å². The highest BCUT2D eigenvalue weighted by atomic mass is 79.9. The van der Waals surface area contributed by atoms with Gasteiger partial charge >= 0.3 is 0 Å². The van der Waals surface area contributed by atoms with Crippen LogP contribution in [0.15, 0.2) is 21.1 Å². The van der Waals surface area contributed by atoms with Gasteiger partial charge in [0.05, 0.1) is 20.0 Å². The van der Waals surface area contributed by atoms with E-state index < -0.39 is 11.6 Å². The summed E-state index contributed by atoms with van der Waals surface area (Å²) in [5, 5.41) is 0.425. The van der Waals surface area contributed by atoms with Crippen molar-refractivity contribution in [3.8, 4) is 0 Å². The van der Waals surface area contributed by atoms with Crippen molar-refractivity contribution in [2.45, 2.75) is 0 Å². The third kappa shape index (κ3) is 1.81. The van der Waals surface area contributed by atoms with Gasteiger partial charge in [0.15, 0.2) is 17.3 Å². The van der Waals surface area contributed by atoms with Crippen LogP contribution in [-0.4, -0.2) is 23.7 Å². The van der Waals surface area contributed by atoms with Crippen LogP contribution in [0.3, 0.4) is 0 Å². The maximum absolute atomic E-state index is 13.6. The first-order chi connectivity index (χ1) is 11.5. The molecule has 1 N–H and O–H groups in total. The number of fused-ring (bicyclic) bond motifs is 5. The quantitative estimate of drug-likeness (QED) is 0.343. The molecular formula is C14H3Br2F2N5S. The Bertz CT molecular complexity index is 1310. The van der Waals surface area contributed by atoms with Gasteiger partial charge < -0.3 is 0 Å². The number of aromatic amines is 1. The van der Waals surface area contributed by atoms with Gasteiger partial charge in [-0.1, -0.05) is 0 Å². The van der Waals surface area contributed by atoms with Crippen molar-refractivity contribution in [1.29, 1.82) is 0 Å². The molecule has 0 aliphatic carbocycles. The number of nitrogens with zero attached hydrogens (tertiary/aromatic N) is 4. The molecule has 0 saturated carbocycles. The molecule has 2 aromatic carbocycles. The molecule has 0 bridgehead atoms. The number of halogens is 4. The van der Waals surface area contributed by atoms with E-state index in [9.17, 15) is 8.78 Å². The van der Waals surface area contributed by atoms with Crippen molar-refractivity contribution in [1.82, 2.24) is 23.7 Å². The molecule has 5 aromatic rings. The second kappa shape index (κ2) is 4.87. The molecule has 0 radical (unpaired) electrons. The van der Waals surface area contributed by atoms with Crippen molar-refractivity contribution in [3.63, 3.8) is 0 Å². The van der Waals surface area contributed by atoms with Crippen LogP contribution in [0, 0.1) is 11.6 Å². The fourth-order valence-corrected chi connectivity index (χ4v) is 4.65. The average molecular weight is 471 g/mol. The summed E-state index contributed by atoms with van der Waals surface area (Å²) in [7, 11) is 0. The van der Waals surface area contributed by atoms with E-state index >= 15 is 0 Å². The Morgan fingerprint density at radius 3 is 2.46 bits per heavy atom. The predicted molar refractivity (Wildman–Crippen MR) is 95.2 cm³/mol. The van der Waals surface area contributed by atoms with Crippen molar-refractivity contribution in [3.05, 3.63) is 32.7 Å². The number of H-pyrrole nitrogens is 1. The lowest BCUT2D eigenvalue weighted by Gasteiger charge is -2.04. The Labute approximate surface area is 152 Å². The van der Waals surface area contributed by atoms with Gasteiger partial charge in [0.2, 0.25) is 0 Å². The van der Waals surface area contributed by atoms with E-state index in [1.165, 1.54) is 11.7 Å². The predicted octanol–water partition coefficient (Wildman–Crippen LogP) is 5.07. The van der Waals surface area contributed by atoms with E-state index in [-0.39, 0.29) is 0 Å². The minimum Gasteiger partial charge on any atom is -0.292 e. The van der Waals surface area contributed by atoms with Gasteiger partial charge in [-0.25, -0.2) is 23.7 Å². The standard InChI is InChI=1S/C14H3Br2F2N5S/c15-7-10-11(8(16)13-12(7)22-24-23-13)21-14-9(20-10)3-1-4(17)5(18)2-6(3)19-14/h1-2,22H. The minimum atomic E-state index is -0.948. The Kier molecular flexibility index (Phi) is 2.95. The average Bonchev–Trinajstić information content (AvgIpc) is 3.17. The number of hydrogen-bond donors (Lipinski definition) is 1. The highest BCUT2D eigenvalue weighted by Gasteiger charge is 2.19. The molecule has 3 heterocycles. The largest absolute Gasteiger partial charge is 0.292 e. The van der Waals surface area contributed by atoms with Gasteiger partial charge in [-0.3, -0.25) is 4.37 Å². The number of hydrogen-bond acceptors (Lipinski definition) is 5. The Morgan fingerprint density at radius 1 is 0.875 bits per heavy atom. The van der Waals surface area contributed by atoms with E-state index in [2.05, 4.69) is 55.6 Å². The van der Waals surface area contributed by atoms with Crippen molar-refractivity contribution >= 4 is 87.7 Å². The molecule has 0 saturated heterocycles. The first-order valence-electron chi connectivity index (χ1n) is 6.61. The molecule has 24 heavy (non-hydrogen) atoms. The normalized spacial score (nSPS) is 12.2. The fraction of sp³-hybridized carbons (Fsp3) is 0. The highest BCUT2D eigenvalue weighted by molar-refractivity contribution is 9.11. The van der Waals surface area contributed by atoms with E-state index in [1.807, 2.05) is 0 Å². The lowest BCUT2D eigenvalue weighted by atomic mass is 10.2. The maximum atomic E-state index is 13.6. The van der Waals surface area contributed by atoms with E-state index in [0.717, 1.165) is 23.2 Å². The molecule has 3 aromatic heterocycles. The van der Waals surface area contributed by atoms with Crippen LogP contribution in [0.5, 0.6) is 0 Å². The van der Waals surface area contributed by atoms with E-state index in [0.29, 0.717) is 42.0 Å². The molecule has 0 spiro atoms. The first-order valence-corrected chi connectivity index (χ1v) is 8.97. The van der Waals surface area contributed by atoms with Crippen LogP contribution in [0.4, 0.5) is 8.78 Å². The first kappa shape index (κ1) is 14.6. The molecule has 10 heteroatoms. The van der Waals surface area contributed by atoms with E-state index in [4.69, 9.17) is 0 Å². The lowest BCUT2D eigenvalue weighted by molar-refractivity contribution is 0.511. The van der Waals surface area contributed by atoms with Gasteiger partial charge in [0, 0.05) is 23.2 Å². The van der Waals surface area contributed by atoms with Gasteiger partial charge in [-0.15, -0.1) is 0 Å². The zero-order valence-electron chi connectivity index (χ0n) is 11.4. The molecule has 0 fully saturated rings.